The molecular formula is C31H32O5S2. The molecule has 38 heavy (non-hydrogen) atoms. The Morgan fingerprint density at radius 3 is 2.55 bits per heavy atom. The fourth-order valence-corrected chi connectivity index (χ4v) is 5.20. The molecule has 4 rings (SSSR count). The number of fused-ring (bicyclic) bond motifs is 1. The summed E-state index contributed by atoms with van der Waals surface area (Å²) >= 11 is 1.72. The molecular weight excluding hydrogens is 516 g/mol. The zero-order valence-corrected chi connectivity index (χ0v) is 23.6. The van der Waals surface area contributed by atoms with E-state index in [4.69, 9.17) is 19.3 Å². The van der Waals surface area contributed by atoms with Gasteiger partial charge >= 0.3 is 5.97 Å². The third-order valence-corrected chi connectivity index (χ3v) is 7.04. The molecule has 1 aromatic heterocycles. The maximum atomic E-state index is 11.2. The number of hydrogen-bond acceptors (Lipinski definition) is 5. The summed E-state index contributed by atoms with van der Waals surface area (Å²) in [5.74, 6) is 6.18. The first-order valence-corrected chi connectivity index (χ1v) is 13.0. The maximum Gasteiger partial charge on any atom is 0.304 e. The number of methoxy groups -OCH3 is 1. The standard InChI is InChI=1S/C31H30O5S.H2S/c1-4-6-24(18-30(32)33)23-10-12-25(13-11-23)36-19-22-9-14-29-26(17-22)27(20-37-29)31-21(2)7-5-8-28(31)35-16-15-34-3;/h5,7-14,17,20,24H,15-16,18-19H2,1-3H3,(H,32,33);1H2/t24-;/m0./s1. The van der Waals surface area contributed by atoms with Crippen LogP contribution in [0.2, 0.25) is 0 Å². The van der Waals surface area contributed by atoms with Crippen molar-refractivity contribution in [2.45, 2.75) is 32.8 Å². The van der Waals surface area contributed by atoms with Crippen LogP contribution in [0.3, 0.4) is 0 Å². The lowest BCUT2D eigenvalue weighted by atomic mass is 9.96. The summed E-state index contributed by atoms with van der Waals surface area (Å²) in [6, 6.07) is 20.0. The SMILES string of the molecule is CC#C[C@@H](CC(=O)O)c1ccc(OCc2ccc3scc(-c4c(C)cccc4OCCOC)c3c2)cc1.S. The van der Waals surface area contributed by atoms with Crippen LogP contribution in [0.15, 0.2) is 66.0 Å². The monoisotopic (exact) mass is 548 g/mol. The van der Waals surface area contributed by atoms with Gasteiger partial charge in [-0.3, -0.25) is 4.79 Å². The Labute approximate surface area is 234 Å². The molecule has 5 nitrogen and oxygen atoms in total. The summed E-state index contributed by atoms with van der Waals surface area (Å²) in [5, 5.41) is 12.5. The number of aliphatic carboxylic acids is 1. The van der Waals surface area contributed by atoms with E-state index in [9.17, 15) is 4.79 Å². The molecule has 0 saturated carbocycles. The maximum absolute atomic E-state index is 11.2. The van der Waals surface area contributed by atoms with Crippen molar-refractivity contribution in [1.82, 2.24) is 0 Å². The van der Waals surface area contributed by atoms with Gasteiger partial charge in [-0.2, -0.15) is 13.5 Å². The highest BCUT2D eigenvalue weighted by atomic mass is 32.1. The molecule has 0 saturated heterocycles. The Bertz CT molecular complexity index is 1430. The molecule has 4 aromatic rings. The van der Waals surface area contributed by atoms with E-state index >= 15 is 0 Å². The number of hydrogen-bond donors (Lipinski definition) is 1. The number of aryl methyl sites for hydroxylation is 1. The first kappa shape index (κ1) is 29.1. The fourth-order valence-electron chi connectivity index (χ4n) is 4.26. The lowest BCUT2D eigenvalue weighted by molar-refractivity contribution is -0.137. The van der Waals surface area contributed by atoms with E-state index in [1.165, 1.54) is 10.1 Å². The molecule has 0 aliphatic heterocycles. The van der Waals surface area contributed by atoms with Gasteiger partial charge in [0.25, 0.3) is 0 Å². The normalized spacial score (nSPS) is 11.2. The van der Waals surface area contributed by atoms with Crippen LogP contribution < -0.4 is 9.47 Å². The predicted octanol–water partition coefficient (Wildman–Crippen LogP) is 7.18. The van der Waals surface area contributed by atoms with E-state index in [-0.39, 0.29) is 25.8 Å². The topological polar surface area (TPSA) is 65.0 Å². The highest BCUT2D eigenvalue weighted by molar-refractivity contribution is 7.59. The highest BCUT2D eigenvalue weighted by Crippen LogP contribution is 2.41. The third-order valence-electron chi connectivity index (χ3n) is 6.07. The van der Waals surface area contributed by atoms with E-state index in [1.807, 2.05) is 36.4 Å². The summed E-state index contributed by atoms with van der Waals surface area (Å²) in [4.78, 5) is 11.2. The number of ether oxygens (including phenoxy) is 3. The first-order valence-electron chi connectivity index (χ1n) is 12.1. The van der Waals surface area contributed by atoms with Crippen molar-refractivity contribution in [2.24, 2.45) is 0 Å². The molecule has 0 radical (unpaired) electrons. The lowest BCUT2D eigenvalue weighted by Gasteiger charge is -2.14. The van der Waals surface area contributed by atoms with Crippen molar-refractivity contribution >= 4 is 40.9 Å². The van der Waals surface area contributed by atoms with Gasteiger partial charge in [0.15, 0.2) is 0 Å². The Balaban J connectivity index is 0.00000400. The van der Waals surface area contributed by atoms with E-state index in [0.717, 1.165) is 39.3 Å². The number of rotatable bonds is 11. The molecule has 0 spiro atoms. The molecule has 198 valence electrons. The average molecular weight is 549 g/mol. The third kappa shape index (κ3) is 7.11. The van der Waals surface area contributed by atoms with Gasteiger partial charge in [0.1, 0.15) is 24.7 Å². The van der Waals surface area contributed by atoms with Crippen LogP contribution in [0.5, 0.6) is 11.5 Å². The van der Waals surface area contributed by atoms with Gasteiger partial charge in [-0.1, -0.05) is 36.3 Å². The van der Waals surface area contributed by atoms with Gasteiger partial charge < -0.3 is 19.3 Å². The predicted molar refractivity (Wildman–Crippen MR) is 159 cm³/mol. The smallest absolute Gasteiger partial charge is 0.304 e. The summed E-state index contributed by atoms with van der Waals surface area (Å²) in [6.45, 7) is 5.27. The first-order chi connectivity index (χ1) is 18.0. The summed E-state index contributed by atoms with van der Waals surface area (Å²) in [6.07, 6.45) is -0.0238. The van der Waals surface area contributed by atoms with Crippen LogP contribution in [0.4, 0.5) is 0 Å². The Kier molecular flexibility index (Phi) is 10.7. The average Bonchev–Trinajstić information content (AvgIpc) is 3.30. The molecule has 1 N–H and O–H groups in total. The number of benzene rings is 3. The fraction of sp³-hybridized carbons (Fsp3) is 0.258. The second kappa shape index (κ2) is 13.9. The molecule has 0 fully saturated rings. The molecule has 0 amide bonds. The minimum atomic E-state index is -0.865. The van der Waals surface area contributed by atoms with Crippen LogP contribution in [-0.2, 0) is 16.1 Å². The van der Waals surface area contributed by atoms with E-state index < -0.39 is 5.97 Å². The van der Waals surface area contributed by atoms with Gasteiger partial charge in [0, 0.05) is 28.3 Å². The molecule has 0 aliphatic carbocycles. The molecule has 0 unspecified atom stereocenters. The second-order valence-electron chi connectivity index (χ2n) is 8.67. The van der Waals surface area contributed by atoms with Crippen LogP contribution in [-0.4, -0.2) is 31.4 Å². The Morgan fingerprint density at radius 1 is 1.05 bits per heavy atom. The number of carboxylic acid groups (broad SMARTS) is 1. The molecule has 3 aromatic carbocycles. The van der Waals surface area contributed by atoms with Crippen LogP contribution in [0.1, 0.15) is 36.0 Å². The van der Waals surface area contributed by atoms with Crippen molar-refractivity contribution in [2.75, 3.05) is 20.3 Å². The van der Waals surface area contributed by atoms with Crippen molar-refractivity contribution in [3.8, 4) is 34.5 Å². The minimum absolute atomic E-state index is 0. The Hall–Kier alpha value is -3.44. The van der Waals surface area contributed by atoms with Gasteiger partial charge in [-0.05, 0) is 66.2 Å². The van der Waals surface area contributed by atoms with Crippen LogP contribution in [0.25, 0.3) is 21.2 Å². The van der Waals surface area contributed by atoms with Crippen molar-refractivity contribution in [3.63, 3.8) is 0 Å². The quantitative estimate of drug-likeness (QED) is 0.159. The van der Waals surface area contributed by atoms with Gasteiger partial charge in [-0.15, -0.1) is 17.3 Å². The minimum Gasteiger partial charge on any atom is -0.491 e. The highest BCUT2D eigenvalue weighted by Gasteiger charge is 2.16. The summed E-state index contributed by atoms with van der Waals surface area (Å²) < 4.78 is 18.5. The number of carboxylic acids is 1. The lowest BCUT2D eigenvalue weighted by Crippen LogP contribution is -2.05. The Morgan fingerprint density at radius 2 is 1.84 bits per heavy atom. The van der Waals surface area contributed by atoms with Gasteiger partial charge in [0.05, 0.1) is 18.9 Å². The van der Waals surface area contributed by atoms with Crippen LogP contribution in [0, 0.1) is 18.8 Å². The van der Waals surface area contributed by atoms with E-state index in [0.29, 0.717) is 19.8 Å². The summed E-state index contributed by atoms with van der Waals surface area (Å²) in [7, 11) is 1.67. The van der Waals surface area contributed by atoms with E-state index in [1.54, 1.807) is 25.4 Å². The van der Waals surface area contributed by atoms with Gasteiger partial charge in [-0.25, -0.2) is 0 Å². The van der Waals surface area contributed by atoms with Crippen molar-refractivity contribution in [3.05, 3.63) is 82.7 Å². The van der Waals surface area contributed by atoms with Gasteiger partial charge in [0.2, 0.25) is 0 Å². The summed E-state index contributed by atoms with van der Waals surface area (Å²) in [5.41, 5.74) is 5.34. The molecule has 7 heteroatoms. The molecule has 1 heterocycles. The largest absolute Gasteiger partial charge is 0.491 e. The van der Waals surface area contributed by atoms with Crippen molar-refractivity contribution in [1.29, 1.82) is 0 Å². The molecule has 1 atom stereocenters. The van der Waals surface area contributed by atoms with E-state index in [2.05, 4.69) is 48.4 Å². The number of carbonyl (C=O) groups is 1. The zero-order valence-electron chi connectivity index (χ0n) is 21.7. The molecule has 0 aliphatic rings. The second-order valence-corrected chi connectivity index (χ2v) is 9.58. The van der Waals surface area contributed by atoms with Crippen LogP contribution >= 0.6 is 24.8 Å². The molecule has 0 bridgehead atoms. The van der Waals surface area contributed by atoms with Crippen molar-refractivity contribution < 1.29 is 24.1 Å². The zero-order chi connectivity index (χ0) is 26.2. The number of thiophene rings is 1.